The number of aryl methyl sites for hydroxylation is 2. The van der Waals surface area contributed by atoms with Gasteiger partial charge < -0.3 is 10.1 Å². The van der Waals surface area contributed by atoms with E-state index in [0.29, 0.717) is 18.7 Å². The van der Waals surface area contributed by atoms with E-state index in [-0.39, 0.29) is 5.91 Å². The van der Waals surface area contributed by atoms with Crippen LogP contribution in [-0.2, 0) is 13.2 Å². The van der Waals surface area contributed by atoms with Crippen LogP contribution in [0.5, 0.6) is 5.75 Å². The van der Waals surface area contributed by atoms with E-state index in [1.165, 1.54) is 0 Å². The fourth-order valence-electron chi connectivity index (χ4n) is 2.63. The number of carbonyl (C=O) groups is 1. The van der Waals surface area contributed by atoms with Crippen LogP contribution >= 0.6 is 31.9 Å². The van der Waals surface area contributed by atoms with Gasteiger partial charge in [0.25, 0.3) is 5.91 Å². The molecular weight excluding hydrogens is 486 g/mol. The van der Waals surface area contributed by atoms with E-state index in [9.17, 15) is 4.79 Å². The van der Waals surface area contributed by atoms with Crippen molar-refractivity contribution in [2.24, 2.45) is 0 Å². The number of halogens is 2. The Labute approximate surface area is 181 Å². The molecule has 0 radical (unpaired) electrons. The number of carbonyl (C=O) groups excluding carboxylic acids is 1. The molecule has 146 valence electrons. The zero-order valence-electron chi connectivity index (χ0n) is 15.5. The van der Waals surface area contributed by atoms with Crippen LogP contribution in [0.1, 0.15) is 28.0 Å². The van der Waals surface area contributed by atoms with Crippen molar-refractivity contribution >= 4 is 37.8 Å². The van der Waals surface area contributed by atoms with Crippen molar-refractivity contribution < 1.29 is 9.53 Å². The molecule has 0 fully saturated rings. The van der Waals surface area contributed by atoms with E-state index in [4.69, 9.17) is 4.74 Å². The van der Waals surface area contributed by atoms with Crippen LogP contribution in [0, 0.1) is 6.92 Å². The fourth-order valence-corrected chi connectivity index (χ4v) is 3.34. The molecule has 0 spiro atoms. The maximum atomic E-state index is 12.3. The van der Waals surface area contributed by atoms with Gasteiger partial charge in [-0.15, -0.1) is 0 Å². The molecule has 0 aliphatic carbocycles. The minimum absolute atomic E-state index is 0.0731. The van der Waals surface area contributed by atoms with Gasteiger partial charge in [-0.05, 0) is 75.0 Å². The molecule has 2 aromatic carbocycles. The lowest BCUT2D eigenvalue weighted by molar-refractivity contribution is 0.0952. The minimum atomic E-state index is -0.0731. The lowest BCUT2D eigenvalue weighted by Gasteiger charge is -2.09. The third-order valence-electron chi connectivity index (χ3n) is 4.18. The molecule has 1 amide bonds. The first-order valence-corrected chi connectivity index (χ1v) is 10.6. The van der Waals surface area contributed by atoms with Gasteiger partial charge in [0.1, 0.15) is 12.4 Å². The number of hydrogen-bond donors (Lipinski definition) is 1. The van der Waals surface area contributed by atoms with Gasteiger partial charge in [0, 0.05) is 24.8 Å². The predicted octanol–water partition coefficient (Wildman–Crippen LogP) is 5.12. The summed E-state index contributed by atoms with van der Waals surface area (Å²) < 4.78 is 9.60. The summed E-state index contributed by atoms with van der Waals surface area (Å²) in [5.74, 6) is 0.722. The van der Waals surface area contributed by atoms with Crippen LogP contribution in [0.25, 0.3) is 0 Å². The standard InChI is InChI=1S/C21H21Br2N3O2/c1-15-19(23)13-26(25-15)12-4-11-24-21(27)17-9-7-16(8-10-17)14-28-20-6-3-2-5-18(20)22/h2-3,5-10,13H,4,11-12,14H2,1H3,(H,24,27). The van der Waals surface area contributed by atoms with Crippen molar-refractivity contribution in [2.75, 3.05) is 6.54 Å². The molecule has 0 unspecified atom stereocenters. The molecule has 0 aliphatic heterocycles. The molecule has 3 aromatic rings. The second-order valence-corrected chi connectivity index (χ2v) is 8.06. The number of aromatic nitrogens is 2. The molecule has 1 aromatic heterocycles. The number of nitrogens with one attached hydrogen (secondary N) is 1. The molecule has 0 bridgehead atoms. The molecule has 1 heterocycles. The van der Waals surface area contributed by atoms with Crippen molar-refractivity contribution in [2.45, 2.75) is 26.5 Å². The van der Waals surface area contributed by atoms with Crippen molar-refractivity contribution in [1.82, 2.24) is 15.1 Å². The van der Waals surface area contributed by atoms with Crippen molar-refractivity contribution in [3.8, 4) is 5.75 Å². The lowest BCUT2D eigenvalue weighted by Crippen LogP contribution is -2.25. The highest BCUT2D eigenvalue weighted by Gasteiger charge is 2.06. The van der Waals surface area contributed by atoms with E-state index in [1.807, 2.05) is 66.3 Å². The fraction of sp³-hybridized carbons (Fsp3) is 0.238. The third-order valence-corrected chi connectivity index (χ3v) is 5.62. The summed E-state index contributed by atoms with van der Waals surface area (Å²) in [5, 5.41) is 7.33. The van der Waals surface area contributed by atoms with Gasteiger partial charge >= 0.3 is 0 Å². The van der Waals surface area contributed by atoms with Crippen LogP contribution < -0.4 is 10.1 Å². The Hall–Kier alpha value is -2.12. The Kier molecular flexibility index (Phi) is 7.28. The SMILES string of the molecule is Cc1nn(CCCNC(=O)c2ccc(COc3ccccc3Br)cc2)cc1Br. The smallest absolute Gasteiger partial charge is 0.251 e. The molecule has 1 N–H and O–H groups in total. The molecule has 0 aliphatic rings. The van der Waals surface area contributed by atoms with Gasteiger partial charge in [0.05, 0.1) is 14.6 Å². The van der Waals surface area contributed by atoms with Crippen LogP contribution in [0.3, 0.4) is 0 Å². The first kappa shape index (κ1) is 20.6. The molecular formula is C21H21Br2N3O2. The second kappa shape index (κ2) is 9.89. The van der Waals surface area contributed by atoms with Gasteiger partial charge in [0.15, 0.2) is 0 Å². The van der Waals surface area contributed by atoms with Gasteiger partial charge in [-0.3, -0.25) is 9.48 Å². The van der Waals surface area contributed by atoms with Crippen LogP contribution in [-0.4, -0.2) is 22.2 Å². The van der Waals surface area contributed by atoms with Crippen molar-refractivity contribution in [3.05, 3.63) is 80.5 Å². The monoisotopic (exact) mass is 505 g/mol. The first-order valence-electron chi connectivity index (χ1n) is 8.97. The van der Waals surface area contributed by atoms with E-state index in [2.05, 4.69) is 42.3 Å². The molecule has 0 atom stereocenters. The molecule has 7 heteroatoms. The quantitative estimate of drug-likeness (QED) is 0.431. The summed E-state index contributed by atoms with van der Waals surface area (Å²) in [5.41, 5.74) is 2.61. The highest BCUT2D eigenvalue weighted by atomic mass is 79.9. The molecule has 0 saturated heterocycles. The molecule has 3 rings (SSSR count). The van der Waals surface area contributed by atoms with Gasteiger partial charge in [-0.25, -0.2) is 0 Å². The summed E-state index contributed by atoms with van der Waals surface area (Å²) >= 11 is 6.91. The summed E-state index contributed by atoms with van der Waals surface area (Å²) in [7, 11) is 0. The summed E-state index contributed by atoms with van der Waals surface area (Å²) in [6, 6.07) is 15.2. The van der Waals surface area contributed by atoms with Gasteiger partial charge in [0.2, 0.25) is 0 Å². The minimum Gasteiger partial charge on any atom is -0.488 e. The highest BCUT2D eigenvalue weighted by Crippen LogP contribution is 2.24. The number of nitrogens with zero attached hydrogens (tertiary/aromatic N) is 2. The van der Waals surface area contributed by atoms with E-state index < -0.39 is 0 Å². The second-order valence-electron chi connectivity index (χ2n) is 6.35. The number of para-hydroxylation sites is 1. The largest absolute Gasteiger partial charge is 0.488 e. The number of hydrogen-bond acceptors (Lipinski definition) is 3. The average Bonchev–Trinajstić information content (AvgIpc) is 3.02. The van der Waals surface area contributed by atoms with Gasteiger partial charge in [-0.1, -0.05) is 24.3 Å². The highest BCUT2D eigenvalue weighted by molar-refractivity contribution is 9.10. The van der Waals surface area contributed by atoms with Crippen molar-refractivity contribution in [1.29, 1.82) is 0 Å². The van der Waals surface area contributed by atoms with Crippen LogP contribution in [0.2, 0.25) is 0 Å². The normalized spacial score (nSPS) is 10.7. The number of ether oxygens (including phenoxy) is 1. The summed E-state index contributed by atoms with van der Waals surface area (Å²) in [6.07, 6.45) is 2.77. The Bertz CT molecular complexity index is 920. The summed E-state index contributed by atoms with van der Waals surface area (Å²) in [4.78, 5) is 12.3. The Morgan fingerprint density at radius 1 is 1.11 bits per heavy atom. The molecule has 5 nitrogen and oxygen atoms in total. The zero-order chi connectivity index (χ0) is 19.9. The first-order chi connectivity index (χ1) is 13.5. The predicted molar refractivity (Wildman–Crippen MR) is 117 cm³/mol. The van der Waals surface area contributed by atoms with Crippen LogP contribution in [0.15, 0.2) is 63.7 Å². The Morgan fingerprint density at radius 3 is 2.54 bits per heavy atom. The van der Waals surface area contributed by atoms with Gasteiger partial charge in [-0.2, -0.15) is 5.10 Å². The Balaban J connectivity index is 1.43. The number of amides is 1. The zero-order valence-corrected chi connectivity index (χ0v) is 18.7. The average molecular weight is 507 g/mol. The topological polar surface area (TPSA) is 56.2 Å². The lowest BCUT2D eigenvalue weighted by atomic mass is 10.1. The van der Waals surface area contributed by atoms with E-state index in [0.717, 1.165) is 38.9 Å². The Morgan fingerprint density at radius 2 is 1.86 bits per heavy atom. The van der Waals surface area contributed by atoms with Crippen LogP contribution in [0.4, 0.5) is 0 Å². The van der Waals surface area contributed by atoms with E-state index >= 15 is 0 Å². The summed E-state index contributed by atoms with van der Waals surface area (Å²) in [6.45, 7) is 3.76. The molecule has 0 saturated carbocycles. The third kappa shape index (κ3) is 5.69. The maximum absolute atomic E-state index is 12.3. The number of rotatable bonds is 8. The van der Waals surface area contributed by atoms with E-state index in [1.54, 1.807) is 0 Å². The molecule has 28 heavy (non-hydrogen) atoms. The van der Waals surface area contributed by atoms with Crippen molar-refractivity contribution in [3.63, 3.8) is 0 Å². The maximum Gasteiger partial charge on any atom is 0.251 e. The number of benzene rings is 2.